The number of rotatable bonds is 43. The van der Waals surface area contributed by atoms with Gasteiger partial charge < -0.3 is 40.3 Å². The number of aliphatic hydroxyl groups is 5. The number of hydrogen-bond donors (Lipinski definition) is 6. The summed E-state index contributed by atoms with van der Waals surface area (Å²) >= 11 is 0. The molecule has 9 heteroatoms. The second-order valence-corrected chi connectivity index (χ2v) is 17.9. The van der Waals surface area contributed by atoms with Crippen molar-refractivity contribution in [3.05, 3.63) is 48.6 Å². The number of allylic oxidation sites excluding steroid dienone is 7. The van der Waals surface area contributed by atoms with E-state index in [1.54, 1.807) is 6.08 Å². The number of ether oxygens (including phenoxy) is 2. The Morgan fingerprint density at radius 1 is 0.532 bits per heavy atom. The number of aliphatic hydroxyl groups excluding tert-OH is 5. The number of nitrogens with one attached hydrogen (secondary N) is 1. The Labute approximate surface area is 380 Å². The van der Waals surface area contributed by atoms with Crippen molar-refractivity contribution < 1.29 is 39.8 Å². The Hall–Kier alpha value is -1.85. The molecule has 1 fully saturated rings. The molecule has 0 spiro atoms. The fourth-order valence-corrected chi connectivity index (χ4v) is 7.95. The Kier molecular flexibility index (Phi) is 40.4. The zero-order valence-corrected chi connectivity index (χ0v) is 39.9. The molecule has 0 aliphatic carbocycles. The van der Waals surface area contributed by atoms with Gasteiger partial charge in [0.25, 0.3) is 0 Å². The van der Waals surface area contributed by atoms with Crippen LogP contribution in [0.3, 0.4) is 0 Å². The van der Waals surface area contributed by atoms with Gasteiger partial charge in [-0.2, -0.15) is 0 Å². The molecule has 0 radical (unpaired) electrons. The molecule has 0 saturated carbocycles. The quantitative estimate of drug-likeness (QED) is 0.0262. The highest BCUT2D eigenvalue weighted by molar-refractivity contribution is 5.76. The minimum atomic E-state index is -1.57. The van der Waals surface area contributed by atoms with Gasteiger partial charge in [-0.3, -0.25) is 4.79 Å². The maximum atomic E-state index is 13.0. The Balaban J connectivity index is 2.26. The van der Waals surface area contributed by atoms with Gasteiger partial charge in [0.2, 0.25) is 5.91 Å². The van der Waals surface area contributed by atoms with E-state index in [-0.39, 0.29) is 12.5 Å². The van der Waals surface area contributed by atoms with Crippen LogP contribution in [-0.4, -0.2) is 87.5 Å². The van der Waals surface area contributed by atoms with Crippen LogP contribution in [0.15, 0.2) is 48.6 Å². The van der Waals surface area contributed by atoms with Gasteiger partial charge >= 0.3 is 0 Å². The van der Waals surface area contributed by atoms with Crippen molar-refractivity contribution in [1.29, 1.82) is 0 Å². The third kappa shape index (κ3) is 32.8. The van der Waals surface area contributed by atoms with Gasteiger partial charge in [0.1, 0.15) is 24.4 Å². The van der Waals surface area contributed by atoms with Crippen molar-refractivity contribution in [1.82, 2.24) is 5.32 Å². The van der Waals surface area contributed by atoms with E-state index < -0.39 is 49.5 Å². The van der Waals surface area contributed by atoms with Crippen molar-refractivity contribution in [3.8, 4) is 0 Å². The van der Waals surface area contributed by atoms with E-state index in [9.17, 15) is 30.3 Å². The molecule has 0 bridgehead atoms. The van der Waals surface area contributed by atoms with Gasteiger partial charge in [-0.05, 0) is 70.6 Å². The van der Waals surface area contributed by atoms with E-state index in [2.05, 4.69) is 55.6 Å². The first-order valence-corrected chi connectivity index (χ1v) is 25.9. The molecule has 9 nitrogen and oxygen atoms in total. The maximum Gasteiger partial charge on any atom is 0.220 e. The van der Waals surface area contributed by atoms with Gasteiger partial charge in [0.05, 0.1) is 25.4 Å². The lowest BCUT2D eigenvalue weighted by atomic mass is 9.99. The summed E-state index contributed by atoms with van der Waals surface area (Å²) < 4.78 is 11.2. The van der Waals surface area contributed by atoms with Gasteiger partial charge in [-0.15, -0.1) is 0 Å². The molecule has 1 heterocycles. The van der Waals surface area contributed by atoms with E-state index >= 15 is 0 Å². The molecule has 1 amide bonds. The molecule has 0 aromatic heterocycles. The SMILES string of the molecule is CCCCCC/C=C/CC/C=C/CC/C=C/C(O)C(COC1OC(CO)C(O)C(O)C1O)NC(=O)CCCCCCCCCCCCCCC/C=C\CCCCCCCCCC. The molecule has 62 heavy (non-hydrogen) atoms. The number of hydrogen-bond acceptors (Lipinski definition) is 8. The monoisotopic (exact) mass is 876 g/mol. The van der Waals surface area contributed by atoms with Crippen LogP contribution >= 0.6 is 0 Å². The topological polar surface area (TPSA) is 149 Å². The average Bonchev–Trinajstić information content (AvgIpc) is 3.27. The van der Waals surface area contributed by atoms with Gasteiger partial charge in [0, 0.05) is 6.42 Å². The molecule has 0 aromatic rings. The number of carbonyl (C=O) groups is 1. The second-order valence-electron chi connectivity index (χ2n) is 17.9. The molecule has 1 aliphatic heterocycles. The molecule has 1 rings (SSSR count). The van der Waals surface area contributed by atoms with Crippen LogP contribution in [0.25, 0.3) is 0 Å². The number of unbranched alkanes of at least 4 members (excludes halogenated alkanes) is 27. The van der Waals surface area contributed by atoms with Gasteiger partial charge in [-0.25, -0.2) is 0 Å². The van der Waals surface area contributed by atoms with E-state index in [1.165, 1.54) is 154 Å². The Bertz CT molecular complexity index is 1110. The van der Waals surface area contributed by atoms with Crippen molar-refractivity contribution in [2.75, 3.05) is 13.2 Å². The average molecular weight is 876 g/mol. The molecular weight excluding hydrogens is 779 g/mol. The van der Waals surface area contributed by atoms with Crippen molar-refractivity contribution in [2.24, 2.45) is 0 Å². The summed E-state index contributed by atoms with van der Waals surface area (Å²) in [5.41, 5.74) is 0. The lowest BCUT2D eigenvalue weighted by molar-refractivity contribution is -0.302. The normalized spacial score (nSPS) is 20.7. The maximum absolute atomic E-state index is 13.0. The van der Waals surface area contributed by atoms with Gasteiger partial charge in [0.15, 0.2) is 6.29 Å². The van der Waals surface area contributed by atoms with Crippen LogP contribution < -0.4 is 5.32 Å². The van der Waals surface area contributed by atoms with Gasteiger partial charge in [-0.1, -0.05) is 197 Å². The smallest absolute Gasteiger partial charge is 0.220 e. The molecule has 0 aromatic carbocycles. The van der Waals surface area contributed by atoms with Crippen molar-refractivity contribution in [2.45, 2.75) is 269 Å². The third-order valence-electron chi connectivity index (χ3n) is 12.1. The summed E-state index contributed by atoms with van der Waals surface area (Å²) in [4.78, 5) is 13.0. The summed E-state index contributed by atoms with van der Waals surface area (Å²) in [6.45, 7) is 3.73. The highest BCUT2D eigenvalue weighted by Crippen LogP contribution is 2.23. The lowest BCUT2D eigenvalue weighted by Crippen LogP contribution is -2.60. The summed E-state index contributed by atoms with van der Waals surface area (Å²) in [5.74, 6) is -0.191. The molecule has 1 aliphatic rings. The Morgan fingerprint density at radius 3 is 1.37 bits per heavy atom. The van der Waals surface area contributed by atoms with Crippen molar-refractivity contribution >= 4 is 5.91 Å². The molecule has 362 valence electrons. The predicted octanol–water partition coefficient (Wildman–Crippen LogP) is 11.8. The molecule has 7 atom stereocenters. The minimum absolute atomic E-state index is 0.191. The highest BCUT2D eigenvalue weighted by atomic mass is 16.7. The standard InChI is InChI=1S/C53H97NO8/c1-3-5-7-9-11-13-15-17-19-20-21-22-23-24-25-26-27-28-29-31-33-35-37-39-41-43-49(57)54-46(45-61-53-52(60)51(59)50(58)48(44-55)62-53)47(56)42-40-38-36-34-32-30-18-16-14-12-10-8-6-4-2/h14,16,20-21,32,34,40,42,46-48,50-53,55-56,58-60H,3-13,15,17-19,22-31,33,35-39,41,43-45H2,1-2H3,(H,54,57)/b16-14+,21-20-,34-32+,42-40+. The predicted molar refractivity (Wildman–Crippen MR) is 258 cm³/mol. The van der Waals surface area contributed by atoms with Crippen LogP contribution in [0.4, 0.5) is 0 Å². The van der Waals surface area contributed by atoms with Crippen LogP contribution in [0.1, 0.15) is 226 Å². The number of amides is 1. The summed E-state index contributed by atoms with van der Waals surface area (Å²) in [6, 6.07) is -0.827. The van der Waals surface area contributed by atoms with Crippen molar-refractivity contribution in [3.63, 3.8) is 0 Å². The zero-order chi connectivity index (χ0) is 45.1. The first-order valence-electron chi connectivity index (χ1n) is 25.9. The zero-order valence-electron chi connectivity index (χ0n) is 39.9. The molecular formula is C53H97NO8. The lowest BCUT2D eigenvalue weighted by Gasteiger charge is -2.40. The fourth-order valence-electron chi connectivity index (χ4n) is 7.95. The Morgan fingerprint density at radius 2 is 0.919 bits per heavy atom. The molecule has 6 N–H and O–H groups in total. The summed E-state index contributed by atoms with van der Waals surface area (Å²) in [7, 11) is 0. The highest BCUT2D eigenvalue weighted by Gasteiger charge is 2.44. The molecule has 7 unspecified atom stereocenters. The second kappa shape index (κ2) is 43.1. The van der Waals surface area contributed by atoms with E-state index in [1.807, 2.05) is 6.08 Å². The first kappa shape index (κ1) is 58.2. The van der Waals surface area contributed by atoms with Crippen LogP contribution in [-0.2, 0) is 14.3 Å². The van der Waals surface area contributed by atoms with Crippen LogP contribution in [0, 0.1) is 0 Å². The van der Waals surface area contributed by atoms with E-state index in [0.717, 1.165) is 51.4 Å². The summed E-state index contributed by atoms with van der Waals surface area (Å²) in [6.07, 6.45) is 48.8. The molecule has 1 saturated heterocycles. The summed E-state index contributed by atoms with van der Waals surface area (Å²) in [5, 5.41) is 54.2. The fraction of sp³-hybridized carbons (Fsp3) is 0.830. The van der Waals surface area contributed by atoms with Crippen LogP contribution in [0.2, 0.25) is 0 Å². The first-order chi connectivity index (χ1) is 30.3. The van der Waals surface area contributed by atoms with E-state index in [4.69, 9.17) is 9.47 Å². The number of carbonyl (C=O) groups excluding carboxylic acids is 1. The largest absolute Gasteiger partial charge is 0.394 e. The van der Waals surface area contributed by atoms with E-state index in [0.29, 0.717) is 6.42 Å². The third-order valence-corrected chi connectivity index (χ3v) is 12.1. The van der Waals surface area contributed by atoms with Crippen LogP contribution in [0.5, 0.6) is 0 Å². The minimum Gasteiger partial charge on any atom is -0.394 e.